The number of carbonyl (C=O) groups is 1. The van der Waals surface area contributed by atoms with E-state index in [2.05, 4.69) is 22.9 Å². The largest absolute Gasteiger partial charge is 0.340 e. The Hall–Kier alpha value is -1.88. The lowest BCUT2D eigenvalue weighted by molar-refractivity contribution is -0.134. The van der Waals surface area contributed by atoms with Crippen molar-refractivity contribution in [1.82, 2.24) is 19.8 Å². The quantitative estimate of drug-likeness (QED) is 0.942. The topological polar surface area (TPSA) is 50.2 Å². The summed E-state index contributed by atoms with van der Waals surface area (Å²) in [5.74, 6) is 1.22. The van der Waals surface area contributed by atoms with Gasteiger partial charge in [0.1, 0.15) is 11.9 Å². The molecule has 3 rings (SSSR count). The number of benzene rings is 1. The molecule has 1 atom stereocenters. The lowest BCUT2D eigenvalue weighted by Gasteiger charge is -2.26. The van der Waals surface area contributed by atoms with E-state index in [-0.39, 0.29) is 11.9 Å². The molecule has 2 heterocycles. The van der Waals surface area contributed by atoms with Crippen molar-refractivity contribution in [2.24, 2.45) is 0 Å². The molecule has 23 heavy (non-hydrogen) atoms. The average molecular weight is 314 g/mol. The summed E-state index contributed by atoms with van der Waals surface area (Å²) in [5.41, 5.74) is 2.04. The van der Waals surface area contributed by atoms with Crippen LogP contribution in [0.5, 0.6) is 0 Å². The Morgan fingerprint density at radius 3 is 2.96 bits per heavy atom. The van der Waals surface area contributed by atoms with Gasteiger partial charge in [0.05, 0.1) is 11.0 Å². The zero-order valence-corrected chi connectivity index (χ0v) is 14.1. The second-order valence-corrected chi connectivity index (χ2v) is 6.24. The predicted molar refractivity (Wildman–Crippen MR) is 92.5 cm³/mol. The number of nitrogens with zero attached hydrogens (tertiary/aromatic N) is 3. The number of para-hydroxylation sites is 2. The van der Waals surface area contributed by atoms with Gasteiger partial charge in [0.2, 0.25) is 5.91 Å². The molecule has 1 aliphatic rings. The van der Waals surface area contributed by atoms with Gasteiger partial charge in [-0.3, -0.25) is 4.79 Å². The van der Waals surface area contributed by atoms with E-state index in [1.54, 1.807) is 0 Å². The third kappa shape index (κ3) is 3.24. The van der Waals surface area contributed by atoms with E-state index >= 15 is 0 Å². The van der Waals surface area contributed by atoms with E-state index in [0.29, 0.717) is 0 Å². The predicted octanol–water partition coefficient (Wildman–Crippen LogP) is 2.37. The van der Waals surface area contributed by atoms with Crippen molar-refractivity contribution in [3.05, 3.63) is 30.1 Å². The normalized spacial score (nSPS) is 17.2. The van der Waals surface area contributed by atoms with Gasteiger partial charge in [0.25, 0.3) is 0 Å². The van der Waals surface area contributed by atoms with E-state index in [4.69, 9.17) is 4.98 Å². The fourth-order valence-electron chi connectivity index (χ4n) is 3.37. The van der Waals surface area contributed by atoms with Crippen LogP contribution in [0.4, 0.5) is 0 Å². The first kappa shape index (κ1) is 16.0. The molecule has 0 saturated carbocycles. The first-order valence-electron chi connectivity index (χ1n) is 8.67. The molecule has 0 unspecified atom stereocenters. The smallest absolute Gasteiger partial charge is 0.245 e. The number of fused-ring (bicyclic) bond motifs is 1. The minimum absolute atomic E-state index is 0.203. The van der Waals surface area contributed by atoms with Crippen LogP contribution in [0, 0.1) is 0 Å². The Labute approximate surface area is 137 Å². The Morgan fingerprint density at radius 2 is 2.13 bits per heavy atom. The zero-order chi connectivity index (χ0) is 16.2. The number of hydrogen-bond donors (Lipinski definition) is 1. The van der Waals surface area contributed by atoms with Crippen LogP contribution in [-0.2, 0) is 11.2 Å². The maximum absolute atomic E-state index is 13.0. The number of hydrogen-bond acceptors (Lipinski definition) is 3. The molecule has 0 spiro atoms. The van der Waals surface area contributed by atoms with Crippen LogP contribution in [0.2, 0.25) is 0 Å². The molecule has 1 aliphatic heterocycles. The molecule has 1 aromatic carbocycles. The third-order valence-electron chi connectivity index (χ3n) is 4.54. The lowest BCUT2D eigenvalue weighted by atomic mass is 10.2. The minimum Gasteiger partial charge on any atom is -0.340 e. The van der Waals surface area contributed by atoms with E-state index in [1.165, 1.54) is 0 Å². The molecule has 1 aromatic heterocycles. The summed E-state index contributed by atoms with van der Waals surface area (Å²) in [5, 5.41) is 3.35. The summed E-state index contributed by atoms with van der Waals surface area (Å²) in [6.07, 6.45) is 2.94. The van der Waals surface area contributed by atoms with E-state index < -0.39 is 0 Å². The van der Waals surface area contributed by atoms with E-state index in [0.717, 1.165) is 62.3 Å². The molecule has 5 heteroatoms. The maximum Gasteiger partial charge on any atom is 0.245 e. The molecule has 0 radical (unpaired) electrons. The molecule has 0 bridgehead atoms. The van der Waals surface area contributed by atoms with Gasteiger partial charge in [0, 0.05) is 26.1 Å². The average Bonchev–Trinajstić information content (AvgIpc) is 2.74. The van der Waals surface area contributed by atoms with Crippen molar-refractivity contribution in [3.8, 4) is 0 Å². The van der Waals surface area contributed by atoms with Gasteiger partial charge in [-0.25, -0.2) is 4.98 Å². The van der Waals surface area contributed by atoms with Gasteiger partial charge < -0.3 is 14.8 Å². The second kappa shape index (κ2) is 7.13. The number of amides is 1. The molecular formula is C18H26N4O. The van der Waals surface area contributed by atoms with Gasteiger partial charge in [-0.15, -0.1) is 0 Å². The number of carbonyl (C=O) groups excluding carboxylic acids is 1. The van der Waals surface area contributed by atoms with Gasteiger partial charge in [0.15, 0.2) is 0 Å². The summed E-state index contributed by atoms with van der Waals surface area (Å²) in [7, 11) is 0. The van der Waals surface area contributed by atoms with Crippen molar-refractivity contribution in [1.29, 1.82) is 0 Å². The van der Waals surface area contributed by atoms with Crippen molar-refractivity contribution in [2.75, 3.05) is 26.2 Å². The van der Waals surface area contributed by atoms with Gasteiger partial charge >= 0.3 is 0 Å². The number of aromatic nitrogens is 2. The molecule has 1 fully saturated rings. The Morgan fingerprint density at radius 1 is 1.30 bits per heavy atom. The zero-order valence-electron chi connectivity index (χ0n) is 14.1. The fraction of sp³-hybridized carbons (Fsp3) is 0.556. The summed E-state index contributed by atoms with van der Waals surface area (Å²) in [4.78, 5) is 19.7. The second-order valence-electron chi connectivity index (χ2n) is 6.24. The molecular weight excluding hydrogens is 288 g/mol. The molecule has 1 saturated heterocycles. The number of nitrogens with one attached hydrogen (secondary N) is 1. The Balaban J connectivity index is 1.93. The van der Waals surface area contributed by atoms with Crippen LogP contribution < -0.4 is 5.32 Å². The van der Waals surface area contributed by atoms with Crippen molar-refractivity contribution in [2.45, 2.75) is 39.2 Å². The van der Waals surface area contributed by atoms with Crippen LogP contribution in [-0.4, -0.2) is 46.5 Å². The number of imidazole rings is 1. The highest BCUT2D eigenvalue weighted by molar-refractivity contribution is 5.84. The SMILES string of the molecule is CCCc1nc2ccccc2n1[C@@H](C)C(=O)N1CCCNCC1. The van der Waals surface area contributed by atoms with Crippen molar-refractivity contribution in [3.63, 3.8) is 0 Å². The third-order valence-corrected chi connectivity index (χ3v) is 4.54. The standard InChI is InChI=1S/C18H26N4O/c1-3-7-17-20-15-8-4-5-9-16(15)22(17)14(2)18(23)21-12-6-10-19-11-13-21/h4-5,8-9,14,19H,3,6-7,10-13H2,1-2H3/t14-/m0/s1. The maximum atomic E-state index is 13.0. The highest BCUT2D eigenvalue weighted by Crippen LogP contribution is 2.23. The summed E-state index contributed by atoms with van der Waals surface area (Å²) in [6.45, 7) is 7.66. The summed E-state index contributed by atoms with van der Waals surface area (Å²) >= 11 is 0. The monoisotopic (exact) mass is 314 g/mol. The van der Waals surface area contributed by atoms with Crippen LogP contribution in [0.15, 0.2) is 24.3 Å². The molecule has 2 aromatic rings. The molecule has 1 N–H and O–H groups in total. The minimum atomic E-state index is -0.206. The highest BCUT2D eigenvalue weighted by Gasteiger charge is 2.25. The first-order chi connectivity index (χ1) is 11.2. The van der Waals surface area contributed by atoms with E-state index in [1.807, 2.05) is 30.0 Å². The fourth-order valence-corrected chi connectivity index (χ4v) is 3.37. The lowest BCUT2D eigenvalue weighted by Crippen LogP contribution is -2.38. The van der Waals surface area contributed by atoms with Gasteiger partial charge in [-0.2, -0.15) is 0 Å². The van der Waals surface area contributed by atoms with Crippen molar-refractivity contribution < 1.29 is 4.79 Å². The van der Waals surface area contributed by atoms with E-state index in [9.17, 15) is 4.79 Å². The summed E-state index contributed by atoms with van der Waals surface area (Å²) in [6, 6.07) is 7.90. The Bertz CT molecular complexity index is 671. The van der Waals surface area contributed by atoms with Crippen LogP contribution in [0.25, 0.3) is 11.0 Å². The van der Waals surface area contributed by atoms with Gasteiger partial charge in [-0.1, -0.05) is 19.1 Å². The molecule has 5 nitrogen and oxygen atoms in total. The van der Waals surface area contributed by atoms with Crippen LogP contribution in [0.3, 0.4) is 0 Å². The van der Waals surface area contributed by atoms with Crippen LogP contribution in [0.1, 0.15) is 38.6 Å². The summed E-state index contributed by atoms with van der Waals surface area (Å²) < 4.78 is 2.14. The number of rotatable bonds is 4. The number of aryl methyl sites for hydroxylation is 1. The molecule has 124 valence electrons. The van der Waals surface area contributed by atoms with Gasteiger partial charge in [-0.05, 0) is 38.4 Å². The highest BCUT2D eigenvalue weighted by atomic mass is 16.2. The molecule has 1 amide bonds. The Kier molecular flexibility index (Phi) is 4.96. The first-order valence-corrected chi connectivity index (χ1v) is 8.67. The van der Waals surface area contributed by atoms with Crippen molar-refractivity contribution >= 4 is 16.9 Å². The van der Waals surface area contributed by atoms with Crippen LogP contribution >= 0.6 is 0 Å². The molecule has 0 aliphatic carbocycles.